The first-order chi connectivity index (χ1) is 13.7. The first-order valence-electron chi connectivity index (χ1n) is 9.24. The summed E-state index contributed by atoms with van der Waals surface area (Å²) in [6.45, 7) is 2.68. The highest BCUT2D eigenvalue weighted by Gasteiger charge is 2.19. The van der Waals surface area contributed by atoms with Crippen molar-refractivity contribution in [2.75, 3.05) is 11.4 Å². The molecule has 1 amide bonds. The van der Waals surface area contributed by atoms with Gasteiger partial charge in [0.15, 0.2) is 0 Å². The van der Waals surface area contributed by atoms with Crippen LogP contribution in [0.2, 0.25) is 0 Å². The van der Waals surface area contributed by atoms with Gasteiger partial charge in [-0.05, 0) is 55.5 Å². The van der Waals surface area contributed by atoms with Gasteiger partial charge in [-0.3, -0.25) is 4.79 Å². The third-order valence-electron chi connectivity index (χ3n) is 4.74. The molecule has 1 heterocycles. The Labute approximate surface area is 162 Å². The Balaban J connectivity index is 1.76. The molecule has 28 heavy (non-hydrogen) atoms. The van der Waals surface area contributed by atoms with Gasteiger partial charge in [-0.2, -0.15) is 0 Å². The molecule has 5 heteroatoms. The van der Waals surface area contributed by atoms with Crippen LogP contribution in [0.1, 0.15) is 6.92 Å². The second-order valence-electron chi connectivity index (χ2n) is 6.49. The van der Waals surface area contributed by atoms with E-state index in [1.54, 1.807) is 17.0 Å². The van der Waals surface area contributed by atoms with Gasteiger partial charge in [0.05, 0.1) is 11.0 Å². The summed E-state index contributed by atoms with van der Waals surface area (Å²) in [6, 6.07) is 23.5. The average molecular weight is 373 g/mol. The molecule has 0 spiro atoms. The number of carbonyl (C=O) groups excluding carboxylic acids is 1. The molecule has 0 aliphatic carbocycles. The zero-order chi connectivity index (χ0) is 19.5. The Kier molecular flexibility index (Phi) is 4.89. The Hall–Kier alpha value is -3.47. The van der Waals surface area contributed by atoms with Crippen molar-refractivity contribution >= 4 is 22.6 Å². The molecule has 4 nitrogen and oxygen atoms in total. The minimum absolute atomic E-state index is 0.0276. The lowest BCUT2D eigenvalue weighted by atomic mass is 10.2. The highest BCUT2D eigenvalue weighted by Crippen LogP contribution is 2.26. The first kappa shape index (κ1) is 17.9. The van der Waals surface area contributed by atoms with Gasteiger partial charge in [-0.15, -0.1) is 0 Å². The van der Waals surface area contributed by atoms with E-state index in [2.05, 4.69) is 0 Å². The molecule has 0 fully saturated rings. The topological polar surface area (TPSA) is 38.1 Å². The number of imidazole rings is 1. The van der Waals surface area contributed by atoms with Gasteiger partial charge in [-0.1, -0.05) is 30.3 Å². The Bertz CT molecular complexity index is 1100. The number of fused-ring (bicyclic) bond motifs is 1. The molecule has 0 saturated heterocycles. The molecule has 0 saturated carbocycles. The fourth-order valence-corrected chi connectivity index (χ4v) is 3.39. The van der Waals surface area contributed by atoms with Gasteiger partial charge >= 0.3 is 0 Å². The highest BCUT2D eigenvalue weighted by molar-refractivity contribution is 5.94. The summed E-state index contributed by atoms with van der Waals surface area (Å²) in [4.78, 5) is 19.6. The zero-order valence-electron chi connectivity index (χ0n) is 15.5. The maximum Gasteiger partial charge on any atom is 0.246 e. The molecule has 0 bridgehead atoms. The van der Waals surface area contributed by atoms with Crippen LogP contribution in [0.4, 0.5) is 10.1 Å². The summed E-state index contributed by atoms with van der Waals surface area (Å²) in [6.07, 6.45) is 0. The van der Waals surface area contributed by atoms with E-state index in [1.807, 2.05) is 66.1 Å². The fraction of sp³-hybridized carbons (Fsp3) is 0.130. The second kappa shape index (κ2) is 7.64. The zero-order valence-corrected chi connectivity index (χ0v) is 15.5. The number of benzene rings is 3. The van der Waals surface area contributed by atoms with Crippen LogP contribution in [0.5, 0.6) is 0 Å². The summed E-state index contributed by atoms with van der Waals surface area (Å²) in [5, 5.41) is 0. The van der Waals surface area contributed by atoms with Crippen LogP contribution in [-0.2, 0) is 11.3 Å². The first-order valence-corrected chi connectivity index (χ1v) is 9.24. The number of amides is 1. The SMILES string of the molecule is CCN(C(=O)Cn1c(-c2ccc(F)cc2)nc2ccccc21)c1ccccc1. The van der Waals surface area contributed by atoms with Crippen molar-refractivity contribution in [1.82, 2.24) is 9.55 Å². The molecule has 0 radical (unpaired) electrons. The molecule has 4 aromatic rings. The van der Waals surface area contributed by atoms with Crippen molar-refractivity contribution in [2.24, 2.45) is 0 Å². The molecule has 0 atom stereocenters. The summed E-state index contributed by atoms with van der Waals surface area (Å²) >= 11 is 0. The number of hydrogen-bond donors (Lipinski definition) is 0. The maximum atomic E-state index is 13.4. The maximum absolute atomic E-state index is 13.4. The van der Waals surface area contributed by atoms with Gasteiger partial charge in [0, 0.05) is 17.8 Å². The number of likely N-dealkylation sites (N-methyl/N-ethyl adjacent to an activating group) is 1. The normalized spacial score (nSPS) is 10.9. The lowest BCUT2D eigenvalue weighted by Gasteiger charge is -2.22. The second-order valence-corrected chi connectivity index (χ2v) is 6.49. The number of halogens is 1. The quantitative estimate of drug-likeness (QED) is 0.499. The number of rotatable bonds is 5. The van der Waals surface area contributed by atoms with E-state index in [9.17, 15) is 9.18 Å². The van der Waals surface area contributed by atoms with Crippen LogP contribution < -0.4 is 4.90 Å². The standard InChI is InChI=1S/C23H20FN3O/c1-2-26(19-8-4-3-5-9-19)22(28)16-27-21-11-7-6-10-20(21)25-23(27)17-12-14-18(24)15-13-17/h3-15H,2,16H2,1H3. The van der Waals surface area contributed by atoms with Crippen molar-refractivity contribution in [3.05, 3.63) is 84.7 Å². The van der Waals surface area contributed by atoms with Crippen molar-refractivity contribution in [1.29, 1.82) is 0 Å². The van der Waals surface area contributed by atoms with Crippen molar-refractivity contribution < 1.29 is 9.18 Å². The Morgan fingerprint density at radius 3 is 2.36 bits per heavy atom. The molecule has 3 aromatic carbocycles. The third kappa shape index (κ3) is 3.39. The molecule has 0 aliphatic rings. The van der Waals surface area contributed by atoms with Crippen LogP contribution >= 0.6 is 0 Å². The van der Waals surface area contributed by atoms with E-state index in [-0.39, 0.29) is 18.3 Å². The van der Waals surface area contributed by atoms with Crippen molar-refractivity contribution in [2.45, 2.75) is 13.5 Å². The smallest absolute Gasteiger partial charge is 0.246 e. The molecule has 140 valence electrons. The van der Waals surface area contributed by atoms with Crippen LogP contribution in [-0.4, -0.2) is 22.0 Å². The number of carbonyl (C=O) groups is 1. The van der Waals surface area contributed by atoms with E-state index in [4.69, 9.17) is 4.98 Å². The van der Waals surface area contributed by atoms with E-state index in [0.717, 1.165) is 22.3 Å². The number of aromatic nitrogens is 2. The number of nitrogens with zero attached hydrogens (tertiary/aromatic N) is 3. The molecule has 0 aliphatic heterocycles. The third-order valence-corrected chi connectivity index (χ3v) is 4.74. The summed E-state index contributed by atoms with van der Waals surface area (Å²) in [5.41, 5.74) is 3.31. The van der Waals surface area contributed by atoms with Gasteiger partial charge in [-0.25, -0.2) is 9.37 Å². The van der Waals surface area contributed by atoms with Gasteiger partial charge in [0.2, 0.25) is 5.91 Å². The minimum atomic E-state index is -0.302. The van der Waals surface area contributed by atoms with Crippen LogP contribution in [0.25, 0.3) is 22.4 Å². The predicted molar refractivity (Wildman–Crippen MR) is 110 cm³/mol. The molecule has 0 unspecified atom stereocenters. The van der Waals surface area contributed by atoms with E-state index in [1.165, 1.54) is 12.1 Å². The fourth-order valence-electron chi connectivity index (χ4n) is 3.39. The highest BCUT2D eigenvalue weighted by atomic mass is 19.1. The lowest BCUT2D eigenvalue weighted by molar-refractivity contribution is -0.119. The lowest BCUT2D eigenvalue weighted by Crippen LogP contribution is -2.33. The van der Waals surface area contributed by atoms with E-state index < -0.39 is 0 Å². The molecular weight excluding hydrogens is 353 g/mol. The van der Waals surface area contributed by atoms with Crippen LogP contribution in [0, 0.1) is 5.82 Å². The molecule has 0 N–H and O–H groups in total. The van der Waals surface area contributed by atoms with Gasteiger partial charge in [0.25, 0.3) is 0 Å². The van der Waals surface area contributed by atoms with Gasteiger partial charge in [0.1, 0.15) is 18.2 Å². The molecule has 1 aromatic heterocycles. The summed E-state index contributed by atoms with van der Waals surface area (Å²) < 4.78 is 15.3. The van der Waals surface area contributed by atoms with Gasteiger partial charge < -0.3 is 9.47 Å². The van der Waals surface area contributed by atoms with E-state index >= 15 is 0 Å². The summed E-state index contributed by atoms with van der Waals surface area (Å²) in [7, 11) is 0. The largest absolute Gasteiger partial charge is 0.314 e. The average Bonchev–Trinajstić information content (AvgIpc) is 3.08. The number of anilines is 1. The number of para-hydroxylation sites is 3. The monoisotopic (exact) mass is 373 g/mol. The molecular formula is C23H20FN3O. The van der Waals surface area contributed by atoms with Crippen LogP contribution in [0.15, 0.2) is 78.9 Å². The van der Waals surface area contributed by atoms with Crippen LogP contribution in [0.3, 0.4) is 0 Å². The van der Waals surface area contributed by atoms with Crippen molar-refractivity contribution in [3.63, 3.8) is 0 Å². The summed E-state index contributed by atoms with van der Waals surface area (Å²) in [5.74, 6) is 0.322. The Morgan fingerprint density at radius 1 is 0.964 bits per heavy atom. The molecule has 4 rings (SSSR count). The minimum Gasteiger partial charge on any atom is -0.314 e. The van der Waals surface area contributed by atoms with Crippen molar-refractivity contribution in [3.8, 4) is 11.4 Å². The Morgan fingerprint density at radius 2 is 1.64 bits per heavy atom. The predicted octanol–water partition coefficient (Wildman–Crippen LogP) is 4.90. The number of hydrogen-bond acceptors (Lipinski definition) is 2. The van der Waals surface area contributed by atoms with E-state index in [0.29, 0.717) is 12.4 Å².